The quantitative estimate of drug-likeness (QED) is 0.731. The molecule has 1 N–H and O–H groups in total. The lowest BCUT2D eigenvalue weighted by molar-refractivity contribution is 0.313. The third-order valence-electron chi connectivity index (χ3n) is 3.07. The van der Waals surface area contributed by atoms with Gasteiger partial charge in [0.2, 0.25) is 0 Å². The summed E-state index contributed by atoms with van der Waals surface area (Å²) in [4.78, 5) is 5.89. The van der Waals surface area contributed by atoms with E-state index in [0.29, 0.717) is 0 Å². The molecule has 0 radical (unpaired) electrons. The number of likely N-dealkylation sites (N-methyl/N-ethyl adjacent to an activating group) is 1. The summed E-state index contributed by atoms with van der Waals surface area (Å²) in [6.45, 7) is 6.25. The molecule has 94 valence electrons. The number of para-hydroxylation sites is 1. The van der Waals surface area contributed by atoms with Crippen LogP contribution in [0.3, 0.4) is 0 Å². The smallest absolute Gasteiger partial charge is 0.0459 e. The van der Waals surface area contributed by atoms with Crippen LogP contribution in [0.25, 0.3) is 10.9 Å². The van der Waals surface area contributed by atoms with Gasteiger partial charge < -0.3 is 9.88 Å². The van der Waals surface area contributed by atoms with Crippen molar-refractivity contribution in [1.82, 2.24) is 9.88 Å². The second kappa shape index (κ2) is 5.87. The molecule has 0 spiro atoms. The van der Waals surface area contributed by atoms with Crippen molar-refractivity contribution >= 4 is 10.9 Å². The zero-order chi connectivity index (χ0) is 11.5. The molecule has 0 atom stereocenters. The second-order valence-corrected chi connectivity index (χ2v) is 4.12. The van der Waals surface area contributed by atoms with Crippen LogP contribution in [0.15, 0.2) is 24.3 Å². The largest absolute Gasteiger partial charge is 0.358 e. The molecular formula is C15H24N2. The maximum atomic E-state index is 3.51. The van der Waals surface area contributed by atoms with Crippen molar-refractivity contribution < 1.29 is 0 Å². The zero-order valence-corrected chi connectivity index (χ0v) is 10.4. The number of benzene rings is 1. The van der Waals surface area contributed by atoms with E-state index in [1.807, 2.05) is 13.8 Å². The normalized spacial score (nSPS) is 14.5. The molecule has 3 rings (SSSR count). The fourth-order valence-electron chi connectivity index (χ4n) is 2.30. The molecule has 1 aromatic heterocycles. The van der Waals surface area contributed by atoms with Gasteiger partial charge in [-0.25, -0.2) is 0 Å². The molecular weight excluding hydrogens is 208 g/mol. The van der Waals surface area contributed by atoms with Crippen LogP contribution in [0.1, 0.15) is 32.5 Å². The summed E-state index contributed by atoms with van der Waals surface area (Å²) in [5, 5.41) is 1.40. The number of nitrogens with one attached hydrogen (secondary N) is 1. The standard InChI is InChI=1S/C12H14N2.C2H6.CH4/c1-14-7-6-12-10(8-14)9-4-2-3-5-11(9)13-12;1-2;/h2-5,13H,6-8H2,1H3;1-2H3;1H4. The van der Waals surface area contributed by atoms with Crippen LogP contribution < -0.4 is 0 Å². The van der Waals surface area contributed by atoms with Gasteiger partial charge >= 0.3 is 0 Å². The van der Waals surface area contributed by atoms with Crippen molar-refractivity contribution in [2.24, 2.45) is 0 Å². The van der Waals surface area contributed by atoms with Crippen LogP contribution in [0.4, 0.5) is 0 Å². The van der Waals surface area contributed by atoms with Crippen molar-refractivity contribution in [1.29, 1.82) is 0 Å². The minimum atomic E-state index is 0. The van der Waals surface area contributed by atoms with Gasteiger partial charge in [0, 0.05) is 36.1 Å². The minimum Gasteiger partial charge on any atom is -0.358 e. The first-order valence-electron chi connectivity index (χ1n) is 6.11. The first-order chi connectivity index (χ1) is 7.84. The van der Waals surface area contributed by atoms with Crippen molar-refractivity contribution in [3.63, 3.8) is 0 Å². The summed E-state index contributed by atoms with van der Waals surface area (Å²) >= 11 is 0. The molecule has 1 aliphatic heterocycles. The van der Waals surface area contributed by atoms with E-state index in [9.17, 15) is 0 Å². The number of aromatic amines is 1. The molecule has 0 aliphatic carbocycles. The van der Waals surface area contributed by atoms with Gasteiger partial charge in [-0.15, -0.1) is 0 Å². The fraction of sp³-hybridized carbons (Fsp3) is 0.467. The second-order valence-electron chi connectivity index (χ2n) is 4.12. The van der Waals surface area contributed by atoms with Crippen molar-refractivity contribution in [2.75, 3.05) is 13.6 Å². The highest BCUT2D eigenvalue weighted by atomic mass is 15.1. The van der Waals surface area contributed by atoms with Crippen LogP contribution in [-0.4, -0.2) is 23.5 Å². The van der Waals surface area contributed by atoms with Crippen molar-refractivity contribution in [3.8, 4) is 0 Å². The molecule has 0 unspecified atom stereocenters. The summed E-state index contributed by atoms with van der Waals surface area (Å²) in [5.74, 6) is 0. The highest BCUT2D eigenvalue weighted by molar-refractivity contribution is 5.84. The third-order valence-corrected chi connectivity index (χ3v) is 3.07. The molecule has 2 heteroatoms. The van der Waals surface area contributed by atoms with E-state index in [4.69, 9.17) is 0 Å². The number of hydrogen-bond donors (Lipinski definition) is 1. The number of aromatic nitrogens is 1. The fourth-order valence-corrected chi connectivity index (χ4v) is 2.30. The predicted octanol–water partition coefficient (Wildman–Crippen LogP) is 3.82. The molecule has 1 aromatic carbocycles. The number of nitrogens with zero attached hydrogens (tertiary/aromatic N) is 1. The Morgan fingerprint density at radius 1 is 1.18 bits per heavy atom. The summed E-state index contributed by atoms with van der Waals surface area (Å²) in [7, 11) is 2.19. The van der Waals surface area contributed by atoms with Crippen LogP contribution in [-0.2, 0) is 13.0 Å². The van der Waals surface area contributed by atoms with Crippen LogP contribution >= 0.6 is 0 Å². The molecule has 0 saturated carbocycles. The van der Waals surface area contributed by atoms with Gasteiger partial charge in [0.1, 0.15) is 0 Å². The first-order valence-corrected chi connectivity index (χ1v) is 6.11. The highest BCUT2D eigenvalue weighted by Crippen LogP contribution is 2.26. The first kappa shape index (κ1) is 13.8. The Morgan fingerprint density at radius 2 is 1.88 bits per heavy atom. The topological polar surface area (TPSA) is 19.0 Å². The van der Waals surface area contributed by atoms with Crippen molar-refractivity contribution in [3.05, 3.63) is 35.5 Å². The van der Waals surface area contributed by atoms with Gasteiger partial charge in [-0.3, -0.25) is 0 Å². The summed E-state index contributed by atoms with van der Waals surface area (Å²) in [5.41, 5.74) is 4.21. The Morgan fingerprint density at radius 3 is 2.65 bits per heavy atom. The van der Waals surface area contributed by atoms with E-state index in [-0.39, 0.29) is 7.43 Å². The third kappa shape index (κ3) is 2.52. The molecule has 0 fully saturated rings. The minimum absolute atomic E-state index is 0. The molecule has 0 amide bonds. The Balaban J connectivity index is 0.000000459. The number of hydrogen-bond acceptors (Lipinski definition) is 1. The van der Waals surface area contributed by atoms with Gasteiger partial charge in [-0.05, 0) is 18.7 Å². The molecule has 0 saturated heterocycles. The highest BCUT2D eigenvalue weighted by Gasteiger charge is 2.17. The van der Waals surface area contributed by atoms with Gasteiger partial charge in [0.15, 0.2) is 0 Å². The maximum Gasteiger partial charge on any atom is 0.0459 e. The lowest BCUT2D eigenvalue weighted by Crippen LogP contribution is -2.25. The average molecular weight is 232 g/mol. The zero-order valence-electron chi connectivity index (χ0n) is 10.4. The summed E-state index contributed by atoms with van der Waals surface area (Å²) in [6, 6.07) is 8.58. The maximum absolute atomic E-state index is 3.51. The van der Waals surface area contributed by atoms with E-state index >= 15 is 0 Å². The lowest BCUT2D eigenvalue weighted by Gasteiger charge is -2.22. The SMILES string of the molecule is C.CC.CN1CCc2[nH]c3ccccc3c2C1. The monoisotopic (exact) mass is 232 g/mol. The molecule has 2 heterocycles. The van der Waals surface area contributed by atoms with Gasteiger partial charge in [0.25, 0.3) is 0 Å². The number of H-pyrrole nitrogens is 1. The Hall–Kier alpha value is -1.28. The average Bonchev–Trinajstić information content (AvgIpc) is 2.70. The molecule has 1 aliphatic rings. The van der Waals surface area contributed by atoms with Gasteiger partial charge in [-0.2, -0.15) is 0 Å². The van der Waals surface area contributed by atoms with E-state index in [1.165, 1.54) is 28.7 Å². The lowest BCUT2D eigenvalue weighted by atomic mass is 10.1. The van der Waals surface area contributed by atoms with E-state index in [0.717, 1.165) is 13.0 Å². The van der Waals surface area contributed by atoms with E-state index < -0.39 is 0 Å². The van der Waals surface area contributed by atoms with Crippen LogP contribution in [0.5, 0.6) is 0 Å². The van der Waals surface area contributed by atoms with Crippen LogP contribution in [0, 0.1) is 0 Å². The number of rotatable bonds is 0. The summed E-state index contributed by atoms with van der Waals surface area (Å²) < 4.78 is 0. The molecule has 2 nitrogen and oxygen atoms in total. The van der Waals surface area contributed by atoms with E-state index in [1.54, 1.807) is 0 Å². The van der Waals surface area contributed by atoms with Crippen LogP contribution in [0.2, 0.25) is 0 Å². The molecule has 2 aromatic rings. The Bertz CT molecular complexity index is 471. The molecule has 0 bridgehead atoms. The summed E-state index contributed by atoms with van der Waals surface area (Å²) in [6.07, 6.45) is 1.15. The number of fused-ring (bicyclic) bond motifs is 3. The van der Waals surface area contributed by atoms with Gasteiger partial charge in [0.05, 0.1) is 0 Å². The Labute approximate surface area is 105 Å². The predicted molar refractivity (Wildman–Crippen MR) is 76.4 cm³/mol. The van der Waals surface area contributed by atoms with Gasteiger partial charge in [-0.1, -0.05) is 39.5 Å². The van der Waals surface area contributed by atoms with E-state index in [2.05, 4.69) is 41.2 Å². The molecule has 17 heavy (non-hydrogen) atoms. The Kier molecular flexibility index (Phi) is 4.76. The van der Waals surface area contributed by atoms with Crippen molar-refractivity contribution in [2.45, 2.75) is 34.2 Å².